The van der Waals surface area contributed by atoms with Crippen molar-refractivity contribution in [3.05, 3.63) is 70.7 Å². The number of carbonyl (C=O) groups is 1. The average molecular weight is 341 g/mol. The fourth-order valence-corrected chi connectivity index (χ4v) is 2.07. The van der Waals surface area contributed by atoms with Crippen LogP contribution in [0.2, 0.25) is 0 Å². The van der Waals surface area contributed by atoms with Crippen LogP contribution in [0.15, 0.2) is 63.8 Å². The Morgan fingerprint density at radius 2 is 1.88 bits per heavy atom. The smallest absolute Gasteiger partial charge is 0.444 e. The standard InChI is InChI=1S/C17H15N3O5/c1-23-16-19-20(17(22)25-16)14-9-7-13(8-10-14)18-15(21)24-11-12-5-3-2-4-6-12/h2-10H,11H2,1H3,(H,18,21). The number of aromatic nitrogens is 2. The average Bonchev–Trinajstić information content (AvgIpc) is 3.02. The molecule has 1 N–H and O–H groups in total. The summed E-state index contributed by atoms with van der Waals surface area (Å²) >= 11 is 0. The molecule has 0 bridgehead atoms. The number of anilines is 1. The van der Waals surface area contributed by atoms with Crippen molar-refractivity contribution in [3.63, 3.8) is 0 Å². The molecule has 0 radical (unpaired) electrons. The summed E-state index contributed by atoms with van der Waals surface area (Å²) in [6.45, 7) is 0.179. The first-order chi connectivity index (χ1) is 12.2. The van der Waals surface area contributed by atoms with Crippen molar-refractivity contribution < 1.29 is 18.7 Å². The Kier molecular flexibility index (Phi) is 4.79. The van der Waals surface area contributed by atoms with Gasteiger partial charge in [-0.3, -0.25) is 5.32 Å². The Labute approximate surface area is 142 Å². The first-order valence-corrected chi connectivity index (χ1v) is 7.38. The second-order valence-corrected chi connectivity index (χ2v) is 4.98. The van der Waals surface area contributed by atoms with E-state index in [1.165, 1.54) is 7.11 Å². The summed E-state index contributed by atoms with van der Waals surface area (Å²) in [6, 6.07) is 15.8. The van der Waals surface area contributed by atoms with E-state index in [-0.39, 0.29) is 12.7 Å². The van der Waals surface area contributed by atoms with Gasteiger partial charge in [0.1, 0.15) is 6.61 Å². The fourth-order valence-electron chi connectivity index (χ4n) is 2.07. The maximum Gasteiger partial charge on any atom is 0.444 e. The van der Waals surface area contributed by atoms with Crippen molar-refractivity contribution >= 4 is 11.8 Å². The molecule has 0 atom stereocenters. The third kappa shape index (κ3) is 4.05. The Bertz CT molecular complexity index is 900. The first kappa shape index (κ1) is 16.3. The molecule has 1 aromatic heterocycles. The SMILES string of the molecule is COc1nn(-c2ccc(NC(=O)OCc3ccccc3)cc2)c(=O)o1. The molecule has 128 valence electrons. The monoisotopic (exact) mass is 341 g/mol. The molecule has 0 aliphatic rings. The van der Waals surface area contributed by atoms with Crippen LogP contribution < -0.4 is 15.8 Å². The van der Waals surface area contributed by atoms with Crippen LogP contribution in [-0.2, 0) is 11.3 Å². The molecule has 1 heterocycles. The predicted molar refractivity (Wildman–Crippen MR) is 88.9 cm³/mol. The fraction of sp³-hybridized carbons (Fsp3) is 0.118. The summed E-state index contributed by atoms with van der Waals surface area (Å²) in [7, 11) is 1.35. The summed E-state index contributed by atoms with van der Waals surface area (Å²) < 4.78 is 15.7. The Morgan fingerprint density at radius 3 is 2.52 bits per heavy atom. The summed E-state index contributed by atoms with van der Waals surface area (Å²) in [5.74, 6) is -0.667. The summed E-state index contributed by atoms with van der Waals surface area (Å²) in [6.07, 6.45) is -0.700. The molecule has 0 aliphatic carbocycles. The Balaban J connectivity index is 1.61. The van der Waals surface area contributed by atoms with Gasteiger partial charge in [-0.05, 0) is 29.8 Å². The molecule has 8 heteroatoms. The molecule has 0 saturated heterocycles. The second-order valence-electron chi connectivity index (χ2n) is 4.98. The van der Waals surface area contributed by atoms with Crippen LogP contribution in [0, 0.1) is 0 Å². The van der Waals surface area contributed by atoms with E-state index in [0.717, 1.165) is 10.2 Å². The zero-order valence-electron chi connectivity index (χ0n) is 13.3. The third-order valence-electron chi connectivity index (χ3n) is 3.27. The minimum atomic E-state index is -0.667. The van der Waals surface area contributed by atoms with Gasteiger partial charge in [-0.15, -0.1) is 0 Å². The van der Waals surface area contributed by atoms with Gasteiger partial charge in [-0.1, -0.05) is 35.4 Å². The van der Waals surface area contributed by atoms with E-state index < -0.39 is 11.8 Å². The number of benzene rings is 2. The molecule has 25 heavy (non-hydrogen) atoms. The number of hydrogen-bond acceptors (Lipinski definition) is 6. The number of ether oxygens (including phenoxy) is 2. The summed E-state index contributed by atoms with van der Waals surface area (Å²) in [5.41, 5.74) is 1.89. The molecule has 0 saturated carbocycles. The van der Waals surface area contributed by atoms with E-state index >= 15 is 0 Å². The van der Waals surface area contributed by atoms with E-state index in [1.54, 1.807) is 24.3 Å². The van der Waals surface area contributed by atoms with Gasteiger partial charge in [0.15, 0.2) is 0 Å². The van der Waals surface area contributed by atoms with E-state index in [4.69, 9.17) is 13.9 Å². The van der Waals surface area contributed by atoms with Crippen molar-refractivity contribution in [1.29, 1.82) is 0 Å². The minimum Gasteiger partial charge on any atom is -0.452 e. The zero-order chi connectivity index (χ0) is 17.6. The van der Waals surface area contributed by atoms with Gasteiger partial charge in [0.05, 0.1) is 12.8 Å². The van der Waals surface area contributed by atoms with Crippen molar-refractivity contribution in [2.24, 2.45) is 0 Å². The van der Waals surface area contributed by atoms with Crippen LogP contribution in [0.1, 0.15) is 5.56 Å². The van der Waals surface area contributed by atoms with Crippen LogP contribution in [0.5, 0.6) is 6.08 Å². The molecule has 0 unspecified atom stereocenters. The number of carbonyl (C=O) groups excluding carboxylic acids is 1. The topological polar surface area (TPSA) is 95.6 Å². The second kappa shape index (κ2) is 7.35. The quantitative estimate of drug-likeness (QED) is 0.766. The lowest BCUT2D eigenvalue weighted by Crippen LogP contribution is -2.15. The highest BCUT2D eigenvalue weighted by Crippen LogP contribution is 2.13. The molecule has 0 aliphatic heterocycles. The van der Waals surface area contributed by atoms with Crippen molar-refractivity contribution in [2.75, 3.05) is 12.4 Å². The molecule has 0 spiro atoms. The van der Waals surface area contributed by atoms with Crippen LogP contribution >= 0.6 is 0 Å². The minimum absolute atomic E-state index is 0.128. The highest BCUT2D eigenvalue weighted by Gasteiger charge is 2.10. The normalized spacial score (nSPS) is 10.3. The van der Waals surface area contributed by atoms with Crippen LogP contribution in [0.3, 0.4) is 0 Å². The van der Waals surface area contributed by atoms with Crippen molar-refractivity contribution in [2.45, 2.75) is 6.61 Å². The summed E-state index contributed by atoms with van der Waals surface area (Å²) in [4.78, 5) is 23.5. The van der Waals surface area contributed by atoms with E-state index in [0.29, 0.717) is 11.4 Å². The molecule has 0 fully saturated rings. The number of amides is 1. The van der Waals surface area contributed by atoms with Crippen molar-refractivity contribution in [3.8, 4) is 11.8 Å². The lowest BCUT2D eigenvalue weighted by Gasteiger charge is -2.07. The first-order valence-electron chi connectivity index (χ1n) is 7.38. The van der Waals surface area contributed by atoms with Crippen LogP contribution in [0.4, 0.5) is 10.5 Å². The number of nitrogens with one attached hydrogen (secondary N) is 1. The highest BCUT2D eigenvalue weighted by molar-refractivity contribution is 5.84. The van der Waals surface area contributed by atoms with Gasteiger partial charge >= 0.3 is 17.9 Å². The maximum atomic E-state index is 11.8. The highest BCUT2D eigenvalue weighted by atomic mass is 16.6. The maximum absolute atomic E-state index is 11.8. The lowest BCUT2D eigenvalue weighted by molar-refractivity contribution is 0.155. The molecule has 8 nitrogen and oxygen atoms in total. The molecule has 3 aromatic rings. The van der Waals surface area contributed by atoms with Gasteiger partial charge in [0.25, 0.3) is 0 Å². The van der Waals surface area contributed by atoms with Gasteiger partial charge in [-0.25, -0.2) is 9.59 Å². The van der Waals surface area contributed by atoms with Crippen LogP contribution in [0.25, 0.3) is 5.69 Å². The van der Waals surface area contributed by atoms with Gasteiger partial charge < -0.3 is 13.9 Å². The largest absolute Gasteiger partial charge is 0.452 e. The molecular formula is C17H15N3O5. The molecular weight excluding hydrogens is 326 g/mol. The Morgan fingerprint density at radius 1 is 1.16 bits per heavy atom. The summed E-state index contributed by atoms with van der Waals surface area (Å²) in [5, 5.41) is 6.46. The Hall–Kier alpha value is -3.55. The predicted octanol–water partition coefficient (Wildman–Crippen LogP) is 2.58. The van der Waals surface area contributed by atoms with Crippen molar-refractivity contribution in [1.82, 2.24) is 9.78 Å². The zero-order valence-corrected chi connectivity index (χ0v) is 13.3. The number of rotatable bonds is 5. The molecule has 3 rings (SSSR count). The van der Waals surface area contributed by atoms with Crippen LogP contribution in [-0.4, -0.2) is 23.0 Å². The van der Waals surface area contributed by atoms with E-state index in [2.05, 4.69) is 10.4 Å². The molecule has 1 amide bonds. The lowest BCUT2D eigenvalue weighted by atomic mass is 10.2. The van der Waals surface area contributed by atoms with E-state index in [1.807, 2.05) is 30.3 Å². The van der Waals surface area contributed by atoms with Gasteiger partial charge in [-0.2, -0.15) is 4.68 Å². The number of methoxy groups -OCH3 is 1. The van der Waals surface area contributed by atoms with Gasteiger partial charge in [0.2, 0.25) is 0 Å². The van der Waals surface area contributed by atoms with E-state index in [9.17, 15) is 9.59 Å². The molecule has 2 aromatic carbocycles. The number of hydrogen-bond donors (Lipinski definition) is 1. The van der Waals surface area contributed by atoms with Gasteiger partial charge in [0, 0.05) is 5.69 Å². The number of nitrogens with zero attached hydrogens (tertiary/aromatic N) is 2. The third-order valence-corrected chi connectivity index (χ3v) is 3.27.